The zero-order valence-electron chi connectivity index (χ0n) is 13.8. The third-order valence-corrected chi connectivity index (χ3v) is 4.15. The van der Waals surface area contributed by atoms with Crippen LogP contribution in [0.4, 0.5) is 4.79 Å². The van der Waals surface area contributed by atoms with Gasteiger partial charge in [0.15, 0.2) is 0 Å². The van der Waals surface area contributed by atoms with Gasteiger partial charge >= 0.3 is 12.0 Å². The molecular weight excluding hydrogens is 268 g/mol. The van der Waals surface area contributed by atoms with Crippen LogP contribution >= 0.6 is 0 Å². The molecule has 1 aliphatic carbocycles. The van der Waals surface area contributed by atoms with Crippen molar-refractivity contribution in [3.8, 4) is 0 Å². The second-order valence-corrected chi connectivity index (χ2v) is 7.39. The lowest BCUT2D eigenvalue weighted by molar-refractivity contribution is -0.142. The van der Waals surface area contributed by atoms with Gasteiger partial charge in [-0.05, 0) is 24.7 Å². The molecule has 0 bridgehead atoms. The third-order valence-electron chi connectivity index (χ3n) is 4.15. The summed E-state index contributed by atoms with van der Waals surface area (Å²) >= 11 is 0. The molecule has 0 aliphatic heterocycles. The van der Waals surface area contributed by atoms with Gasteiger partial charge in [0.05, 0.1) is 5.92 Å². The highest BCUT2D eigenvalue weighted by atomic mass is 16.4. The summed E-state index contributed by atoms with van der Waals surface area (Å²) in [7, 11) is 1.81. The van der Waals surface area contributed by atoms with Crippen LogP contribution in [0.2, 0.25) is 0 Å². The number of hydrogen-bond donors (Lipinski definition) is 2. The molecule has 1 aliphatic rings. The molecule has 0 aromatic rings. The van der Waals surface area contributed by atoms with E-state index in [2.05, 4.69) is 5.32 Å². The number of carboxylic acids is 1. The van der Waals surface area contributed by atoms with Crippen LogP contribution in [-0.2, 0) is 4.79 Å². The van der Waals surface area contributed by atoms with Gasteiger partial charge in [-0.1, -0.05) is 40.0 Å². The summed E-state index contributed by atoms with van der Waals surface area (Å²) in [4.78, 5) is 25.2. The molecule has 2 N–H and O–H groups in total. The minimum atomic E-state index is -0.842. The predicted octanol–water partition coefficient (Wildman–Crippen LogP) is 3.10. The first kappa shape index (κ1) is 17.8. The van der Waals surface area contributed by atoms with E-state index in [1.807, 2.05) is 27.8 Å². The minimum Gasteiger partial charge on any atom is -0.481 e. The van der Waals surface area contributed by atoms with Crippen molar-refractivity contribution in [1.82, 2.24) is 10.2 Å². The van der Waals surface area contributed by atoms with Gasteiger partial charge in [0.2, 0.25) is 0 Å². The summed E-state index contributed by atoms with van der Waals surface area (Å²) in [5, 5.41) is 12.1. The number of carbonyl (C=O) groups excluding carboxylic acids is 1. The van der Waals surface area contributed by atoms with Crippen molar-refractivity contribution >= 4 is 12.0 Å². The van der Waals surface area contributed by atoms with E-state index in [9.17, 15) is 14.7 Å². The van der Waals surface area contributed by atoms with E-state index in [-0.39, 0.29) is 18.0 Å². The van der Waals surface area contributed by atoms with Crippen LogP contribution in [0, 0.1) is 11.3 Å². The number of urea groups is 1. The summed E-state index contributed by atoms with van der Waals surface area (Å²) in [6, 6.07) is 0.145. The Bertz CT molecular complexity index is 357. The molecule has 1 fully saturated rings. The smallest absolute Gasteiger partial charge is 0.317 e. The second kappa shape index (κ2) is 7.66. The Morgan fingerprint density at radius 1 is 1.24 bits per heavy atom. The quantitative estimate of drug-likeness (QED) is 0.819. The van der Waals surface area contributed by atoms with Crippen molar-refractivity contribution in [1.29, 1.82) is 0 Å². The van der Waals surface area contributed by atoms with Crippen LogP contribution in [0.15, 0.2) is 0 Å². The molecule has 122 valence electrons. The number of nitrogens with one attached hydrogen (secondary N) is 1. The lowest BCUT2D eigenvalue weighted by Crippen LogP contribution is -2.46. The fourth-order valence-corrected chi connectivity index (χ4v) is 2.96. The van der Waals surface area contributed by atoms with Gasteiger partial charge in [-0.15, -0.1) is 0 Å². The number of aliphatic carboxylic acids is 1. The van der Waals surface area contributed by atoms with E-state index in [1.54, 1.807) is 4.90 Å². The Morgan fingerprint density at radius 2 is 1.81 bits per heavy atom. The van der Waals surface area contributed by atoms with E-state index in [1.165, 1.54) is 19.3 Å². The number of carbonyl (C=O) groups is 2. The maximum absolute atomic E-state index is 12.2. The molecule has 5 nitrogen and oxygen atoms in total. The number of nitrogens with zero attached hydrogens (tertiary/aromatic N) is 1. The standard InChI is InChI=1S/C16H30N2O3/c1-16(2,3)10-12(14(19)20)11-17-15(21)18(4)13-8-6-5-7-9-13/h12-13H,5-11H2,1-4H3,(H,17,21)(H,19,20). The highest BCUT2D eigenvalue weighted by Crippen LogP contribution is 2.25. The summed E-state index contributed by atoms with van der Waals surface area (Å²) in [6.45, 7) is 6.24. The largest absolute Gasteiger partial charge is 0.481 e. The van der Waals surface area contributed by atoms with E-state index in [0.29, 0.717) is 12.5 Å². The summed E-state index contributed by atoms with van der Waals surface area (Å²) in [6.07, 6.45) is 6.24. The van der Waals surface area contributed by atoms with Crippen LogP contribution in [0.1, 0.15) is 59.3 Å². The van der Waals surface area contributed by atoms with Gasteiger partial charge in [-0.2, -0.15) is 0 Å². The van der Waals surface area contributed by atoms with Gasteiger partial charge < -0.3 is 15.3 Å². The zero-order valence-corrected chi connectivity index (χ0v) is 13.8. The molecule has 0 spiro atoms. The fraction of sp³-hybridized carbons (Fsp3) is 0.875. The van der Waals surface area contributed by atoms with Crippen molar-refractivity contribution < 1.29 is 14.7 Å². The molecule has 0 heterocycles. The van der Waals surface area contributed by atoms with Crippen molar-refractivity contribution in [2.24, 2.45) is 11.3 Å². The van der Waals surface area contributed by atoms with Gasteiger partial charge in [-0.25, -0.2) is 4.79 Å². The summed E-state index contributed by atoms with van der Waals surface area (Å²) < 4.78 is 0. The van der Waals surface area contributed by atoms with Crippen LogP contribution in [0.25, 0.3) is 0 Å². The number of rotatable bonds is 5. The summed E-state index contributed by atoms with van der Waals surface area (Å²) in [5.74, 6) is -1.38. The minimum absolute atomic E-state index is 0.0664. The molecular formula is C16H30N2O3. The zero-order chi connectivity index (χ0) is 16.0. The molecule has 0 aromatic carbocycles. The maximum Gasteiger partial charge on any atom is 0.317 e. The normalized spacial score (nSPS) is 18.1. The van der Waals surface area contributed by atoms with Crippen molar-refractivity contribution in [3.05, 3.63) is 0 Å². The fourth-order valence-electron chi connectivity index (χ4n) is 2.96. The first-order chi connectivity index (χ1) is 9.70. The van der Waals surface area contributed by atoms with E-state index in [0.717, 1.165) is 12.8 Å². The Hall–Kier alpha value is -1.26. The Labute approximate surface area is 128 Å². The van der Waals surface area contributed by atoms with E-state index >= 15 is 0 Å². The molecule has 0 aromatic heterocycles. The van der Waals surface area contributed by atoms with Gasteiger partial charge in [-0.3, -0.25) is 4.79 Å². The molecule has 5 heteroatoms. The van der Waals surface area contributed by atoms with Gasteiger partial charge in [0, 0.05) is 19.6 Å². The highest BCUT2D eigenvalue weighted by molar-refractivity contribution is 5.76. The molecule has 1 saturated carbocycles. The third kappa shape index (κ3) is 6.36. The Morgan fingerprint density at radius 3 is 2.29 bits per heavy atom. The SMILES string of the molecule is CN(C(=O)NCC(CC(C)(C)C)C(=O)O)C1CCCCC1. The van der Waals surface area contributed by atoms with Gasteiger partial charge in [0.25, 0.3) is 0 Å². The number of carboxylic acid groups (broad SMARTS) is 1. The lowest BCUT2D eigenvalue weighted by Gasteiger charge is -2.32. The average Bonchev–Trinajstić information content (AvgIpc) is 2.41. The highest BCUT2D eigenvalue weighted by Gasteiger charge is 2.27. The first-order valence-corrected chi connectivity index (χ1v) is 7.94. The summed E-state index contributed by atoms with van der Waals surface area (Å²) in [5.41, 5.74) is -0.0664. The van der Waals surface area contributed by atoms with E-state index in [4.69, 9.17) is 0 Å². The molecule has 1 rings (SSSR count). The molecule has 1 unspecified atom stereocenters. The average molecular weight is 298 g/mol. The van der Waals surface area contributed by atoms with Gasteiger partial charge in [0.1, 0.15) is 0 Å². The molecule has 1 atom stereocenters. The topological polar surface area (TPSA) is 69.6 Å². The first-order valence-electron chi connectivity index (χ1n) is 7.94. The van der Waals surface area contributed by atoms with Crippen LogP contribution in [0.5, 0.6) is 0 Å². The number of hydrogen-bond acceptors (Lipinski definition) is 2. The van der Waals surface area contributed by atoms with Crippen molar-refractivity contribution in [3.63, 3.8) is 0 Å². The van der Waals surface area contributed by atoms with Crippen molar-refractivity contribution in [2.45, 2.75) is 65.3 Å². The van der Waals surface area contributed by atoms with Crippen LogP contribution in [-0.4, -0.2) is 41.6 Å². The molecule has 2 amide bonds. The monoisotopic (exact) mass is 298 g/mol. The molecule has 0 saturated heterocycles. The Balaban J connectivity index is 2.46. The van der Waals surface area contributed by atoms with Crippen LogP contribution < -0.4 is 5.32 Å². The lowest BCUT2D eigenvalue weighted by atomic mass is 9.84. The Kier molecular flexibility index (Phi) is 6.49. The van der Waals surface area contributed by atoms with Crippen molar-refractivity contribution in [2.75, 3.05) is 13.6 Å². The van der Waals surface area contributed by atoms with E-state index < -0.39 is 11.9 Å². The molecule has 21 heavy (non-hydrogen) atoms. The predicted molar refractivity (Wildman–Crippen MR) is 83.2 cm³/mol. The molecule has 0 radical (unpaired) electrons. The second-order valence-electron chi connectivity index (χ2n) is 7.39. The van der Waals surface area contributed by atoms with Crippen LogP contribution in [0.3, 0.4) is 0 Å². The number of amides is 2. The maximum atomic E-state index is 12.2.